The molecule has 1 aliphatic heterocycles. The van der Waals surface area contributed by atoms with E-state index >= 15 is 0 Å². The van der Waals surface area contributed by atoms with E-state index in [0.29, 0.717) is 0 Å². The Morgan fingerprint density at radius 3 is 2.46 bits per heavy atom. The maximum absolute atomic E-state index is 9.53. The molecule has 0 aromatic heterocycles. The molecule has 2 rings (SSSR count). The van der Waals surface area contributed by atoms with Crippen molar-refractivity contribution in [1.82, 2.24) is 5.32 Å². The normalized spacial score (nSPS) is 42.5. The highest BCUT2D eigenvalue weighted by Gasteiger charge is 2.40. The van der Waals surface area contributed by atoms with Crippen LogP contribution < -0.4 is 5.32 Å². The average Bonchev–Trinajstić information content (AvgIpc) is 2.49. The number of rotatable bonds is 1. The van der Waals surface area contributed by atoms with Gasteiger partial charge in [0.25, 0.3) is 0 Å². The second-order valence-corrected chi connectivity index (χ2v) is 4.99. The first-order valence-corrected chi connectivity index (χ1v) is 5.64. The first-order chi connectivity index (χ1) is 6.21. The Morgan fingerprint density at radius 2 is 1.92 bits per heavy atom. The Labute approximate surface area is 80.7 Å². The van der Waals surface area contributed by atoms with Gasteiger partial charge >= 0.3 is 0 Å². The smallest absolute Gasteiger partial charge is 0.0682 e. The zero-order chi connectivity index (χ0) is 9.31. The summed E-state index contributed by atoms with van der Waals surface area (Å²) in [5.74, 6) is 0.804. The molecule has 2 unspecified atom stereocenters. The van der Waals surface area contributed by atoms with Gasteiger partial charge in [0.15, 0.2) is 0 Å². The maximum atomic E-state index is 9.53. The van der Waals surface area contributed by atoms with Crippen LogP contribution in [0.15, 0.2) is 0 Å². The monoisotopic (exact) mass is 183 g/mol. The van der Waals surface area contributed by atoms with Crippen molar-refractivity contribution in [2.24, 2.45) is 5.92 Å². The molecule has 1 aliphatic carbocycles. The molecule has 0 bridgehead atoms. The van der Waals surface area contributed by atoms with Crippen LogP contribution in [0, 0.1) is 5.92 Å². The Bertz CT molecular complexity index is 177. The van der Waals surface area contributed by atoms with Crippen LogP contribution in [0.3, 0.4) is 0 Å². The van der Waals surface area contributed by atoms with Gasteiger partial charge in [0.2, 0.25) is 0 Å². The van der Waals surface area contributed by atoms with Crippen molar-refractivity contribution in [3.63, 3.8) is 0 Å². The fourth-order valence-electron chi connectivity index (χ4n) is 3.04. The van der Waals surface area contributed by atoms with Crippen LogP contribution in [0.4, 0.5) is 0 Å². The summed E-state index contributed by atoms with van der Waals surface area (Å²) in [5, 5.41) is 13.0. The molecule has 2 nitrogen and oxygen atoms in total. The van der Waals surface area contributed by atoms with Gasteiger partial charge < -0.3 is 10.4 Å². The lowest BCUT2D eigenvalue weighted by atomic mass is 9.75. The summed E-state index contributed by atoms with van der Waals surface area (Å²) in [6.45, 7) is 3.09. The topological polar surface area (TPSA) is 32.3 Å². The van der Waals surface area contributed by atoms with Crippen LogP contribution in [0.1, 0.15) is 45.4 Å². The van der Waals surface area contributed by atoms with E-state index in [1.807, 2.05) is 0 Å². The molecule has 0 spiro atoms. The van der Waals surface area contributed by atoms with Crippen LogP contribution in [-0.2, 0) is 0 Å². The Kier molecular flexibility index (Phi) is 2.61. The quantitative estimate of drug-likeness (QED) is 0.648. The Balaban J connectivity index is 1.97. The van der Waals surface area contributed by atoms with Gasteiger partial charge in [-0.2, -0.15) is 0 Å². The van der Waals surface area contributed by atoms with Crippen molar-refractivity contribution in [1.29, 1.82) is 0 Å². The van der Waals surface area contributed by atoms with Gasteiger partial charge in [-0.1, -0.05) is 19.3 Å². The van der Waals surface area contributed by atoms with Gasteiger partial charge in [0.05, 0.1) is 6.10 Å². The molecule has 76 valence electrons. The van der Waals surface area contributed by atoms with Gasteiger partial charge in [-0.05, 0) is 32.1 Å². The van der Waals surface area contributed by atoms with Crippen molar-refractivity contribution < 1.29 is 5.11 Å². The molecule has 1 heterocycles. The van der Waals surface area contributed by atoms with Gasteiger partial charge in [0.1, 0.15) is 0 Å². The van der Waals surface area contributed by atoms with Crippen LogP contribution >= 0.6 is 0 Å². The summed E-state index contributed by atoms with van der Waals surface area (Å²) in [4.78, 5) is 0. The molecule has 0 radical (unpaired) electrons. The van der Waals surface area contributed by atoms with E-state index in [1.54, 1.807) is 0 Å². The summed E-state index contributed by atoms with van der Waals surface area (Å²) in [6.07, 6.45) is 7.75. The van der Waals surface area contributed by atoms with Gasteiger partial charge in [-0.3, -0.25) is 0 Å². The van der Waals surface area contributed by atoms with Crippen LogP contribution in [0.5, 0.6) is 0 Å². The first-order valence-electron chi connectivity index (χ1n) is 5.64. The molecule has 1 saturated heterocycles. The van der Waals surface area contributed by atoms with E-state index in [2.05, 4.69) is 12.2 Å². The van der Waals surface area contributed by atoms with Crippen molar-refractivity contribution in [2.45, 2.75) is 57.1 Å². The Hall–Kier alpha value is -0.0800. The molecule has 13 heavy (non-hydrogen) atoms. The molecule has 2 atom stereocenters. The third kappa shape index (κ3) is 1.89. The molecule has 2 heteroatoms. The lowest BCUT2D eigenvalue weighted by Gasteiger charge is -2.37. The summed E-state index contributed by atoms with van der Waals surface area (Å²) in [6, 6.07) is 0. The minimum atomic E-state index is -0.105. The first kappa shape index (κ1) is 9.47. The van der Waals surface area contributed by atoms with Crippen molar-refractivity contribution in [3.8, 4) is 0 Å². The highest BCUT2D eigenvalue weighted by Crippen LogP contribution is 2.37. The lowest BCUT2D eigenvalue weighted by molar-refractivity contribution is 0.155. The van der Waals surface area contributed by atoms with E-state index in [9.17, 15) is 5.11 Å². The van der Waals surface area contributed by atoms with E-state index < -0.39 is 0 Å². The number of hydrogen-bond acceptors (Lipinski definition) is 2. The van der Waals surface area contributed by atoms with E-state index in [0.717, 1.165) is 18.9 Å². The summed E-state index contributed by atoms with van der Waals surface area (Å²) in [5.41, 5.74) is 0.236. The summed E-state index contributed by atoms with van der Waals surface area (Å²) in [7, 11) is 0. The van der Waals surface area contributed by atoms with Crippen molar-refractivity contribution in [3.05, 3.63) is 0 Å². The van der Waals surface area contributed by atoms with E-state index in [4.69, 9.17) is 0 Å². The summed E-state index contributed by atoms with van der Waals surface area (Å²) >= 11 is 0. The Morgan fingerprint density at radius 1 is 1.23 bits per heavy atom. The standard InChI is InChI=1S/C11H21NO/c1-11(7-10(13)8-12-11)9-5-3-2-4-6-9/h9-10,12-13H,2-8H2,1H3. The highest BCUT2D eigenvalue weighted by molar-refractivity contribution is 4.98. The number of aliphatic hydroxyl groups is 1. The van der Waals surface area contributed by atoms with E-state index in [-0.39, 0.29) is 11.6 Å². The predicted molar refractivity (Wildman–Crippen MR) is 53.6 cm³/mol. The van der Waals surface area contributed by atoms with Crippen molar-refractivity contribution in [2.75, 3.05) is 6.54 Å². The third-order valence-corrected chi connectivity index (χ3v) is 3.91. The van der Waals surface area contributed by atoms with Gasteiger partial charge in [0, 0.05) is 12.1 Å². The van der Waals surface area contributed by atoms with Crippen LogP contribution in [0.2, 0.25) is 0 Å². The fourth-order valence-corrected chi connectivity index (χ4v) is 3.04. The minimum Gasteiger partial charge on any atom is -0.392 e. The second kappa shape index (κ2) is 3.58. The molecule has 2 aliphatic rings. The molecule has 2 fully saturated rings. The molecular weight excluding hydrogens is 162 g/mol. The predicted octanol–water partition coefficient (Wildman–Crippen LogP) is 1.68. The van der Waals surface area contributed by atoms with Crippen molar-refractivity contribution >= 4 is 0 Å². The number of aliphatic hydroxyl groups excluding tert-OH is 1. The third-order valence-electron chi connectivity index (χ3n) is 3.91. The number of hydrogen-bond donors (Lipinski definition) is 2. The van der Waals surface area contributed by atoms with Crippen LogP contribution in [-0.4, -0.2) is 23.3 Å². The van der Waals surface area contributed by atoms with Crippen LogP contribution in [0.25, 0.3) is 0 Å². The van der Waals surface area contributed by atoms with E-state index in [1.165, 1.54) is 32.1 Å². The average molecular weight is 183 g/mol. The summed E-state index contributed by atoms with van der Waals surface area (Å²) < 4.78 is 0. The molecule has 0 amide bonds. The molecule has 2 N–H and O–H groups in total. The zero-order valence-corrected chi connectivity index (χ0v) is 8.55. The lowest BCUT2D eigenvalue weighted by Crippen LogP contribution is -2.44. The SMILES string of the molecule is CC1(C2CCCCC2)CC(O)CN1. The maximum Gasteiger partial charge on any atom is 0.0682 e. The number of nitrogens with one attached hydrogen (secondary N) is 1. The van der Waals surface area contributed by atoms with Gasteiger partial charge in [-0.25, -0.2) is 0 Å². The second-order valence-electron chi connectivity index (χ2n) is 4.99. The molecule has 0 aromatic rings. The minimum absolute atomic E-state index is 0.105. The number of β-amino-alcohol motifs (C(OH)–C–C–N with tert-alkyl or cyclic N) is 1. The largest absolute Gasteiger partial charge is 0.392 e. The fraction of sp³-hybridized carbons (Fsp3) is 1.00. The highest BCUT2D eigenvalue weighted by atomic mass is 16.3. The molecule has 0 aromatic carbocycles. The van der Waals surface area contributed by atoms with Gasteiger partial charge in [-0.15, -0.1) is 0 Å². The molecular formula is C11H21NO. The molecule has 1 saturated carbocycles. The zero-order valence-electron chi connectivity index (χ0n) is 8.55.